The number of nitrogens with zero attached hydrogens (tertiary/aromatic N) is 1. The van der Waals surface area contributed by atoms with Gasteiger partial charge in [0.15, 0.2) is 0 Å². The standard InChI is InChI=1S/C14H13ClN2O/c1-9-3-4-11(7-10(9)2)14(18)17-12-5-6-16-13(15)8-12/h3-8H,1-2H3,(H,16,17,18). The number of hydrogen-bond acceptors (Lipinski definition) is 2. The fourth-order valence-electron chi connectivity index (χ4n) is 1.57. The van der Waals surface area contributed by atoms with Crippen LogP contribution in [-0.2, 0) is 0 Å². The lowest BCUT2D eigenvalue weighted by Crippen LogP contribution is -2.12. The Morgan fingerprint density at radius 2 is 1.94 bits per heavy atom. The fraction of sp³-hybridized carbons (Fsp3) is 0.143. The molecule has 1 aromatic carbocycles. The van der Waals surface area contributed by atoms with Gasteiger partial charge in [-0.25, -0.2) is 4.98 Å². The molecule has 3 nitrogen and oxygen atoms in total. The Balaban J connectivity index is 2.19. The summed E-state index contributed by atoms with van der Waals surface area (Å²) >= 11 is 5.76. The van der Waals surface area contributed by atoms with Gasteiger partial charge in [-0.3, -0.25) is 4.79 Å². The van der Waals surface area contributed by atoms with Crippen LogP contribution in [0.15, 0.2) is 36.5 Å². The minimum Gasteiger partial charge on any atom is -0.322 e. The Bertz CT molecular complexity index is 596. The molecule has 1 aromatic heterocycles. The van der Waals surface area contributed by atoms with Crippen LogP contribution in [0, 0.1) is 13.8 Å². The van der Waals surface area contributed by atoms with Gasteiger partial charge < -0.3 is 5.32 Å². The van der Waals surface area contributed by atoms with Crippen molar-refractivity contribution in [2.45, 2.75) is 13.8 Å². The highest BCUT2D eigenvalue weighted by molar-refractivity contribution is 6.29. The number of carbonyl (C=O) groups is 1. The molecule has 92 valence electrons. The van der Waals surface area contributed by atoms with E-state index in [1.807, 2.05) is 26.0 Å². The summed E-state index contributed by atoms with van der Waals surface area (Å²) in [5, 5.41) is 3.14. The van der Waals surface area contributed by atoms with Crippen molar-refractivity contribution in [3.05, 3.63) is 58.4 Å². The highest BCUT2D eigenvalue weighted by Crippen LogP contribution is 2.15. The van der Waals surface area contributed by atoms with Gasteiger partial charge in [-0.05, 0) is 49.2 Å². The summed E-state index contributed by atoms with van der Waals surface area (Å²) in [6, 6.07) is 8.92. The maximum absolute atomic E-state index is 12.0. The van der Waals surface area contributed by atoms with E-state index in [0.717, 1.165) is 5.56 Å². The van der Waals surface area contributed by atoms with Crippen molar-refractivity contribution in [3.8, 4) is 0 Å². The first kappa shape index (κ1) is 12.6. The fourth-order valence-corrected chi connectivity index (χ4v) is 1.74. The molecule has 0 aliphatic carbocycles. The van der Waals surface area contributed by atoms with Crippen molar-refractivity contribution < 1.29 is 4.79 Å². The number of rotatable bonds is 2. The Labute approximate surface area is 111 Å². The van der Waals surface area contributed by atoms with Crippen LogP contribution in [0.25, 0.3) is 0 Å². The minimum absolute atomic E-state index is 0.152. The molecular weight excluding hydrogens is 248 g/mol. The summed E-state index contributed by atoms with van der Waals surface area (Å²) in [7, 11) is 0. The average molecular weight is 261 g/mol. The van der Waals surface area contributed by atoms with Crippen molar-refractivity contribution in [1.29, 1.82) is 0 Å². The molecule has 0 saturated heterocycles. The highest BCUT2D eigenvalue weighted by atomic mass is 35.5. The molecule has 0 atom stereocenters. The SMILES string of the molecule is Cc1ccc(C(=O)Nc2ccnc(Cl)c2)cc1C. The van der Waals surface area contributed by atoms with E-state index in [0.29, 0.717) is 16.4 Å². The van der Waals surface area contributed by atoms with Crippen molar-refractivity contribution in [2.75, 3.05) is 5.32 Å². The number of benzene rings is 1. The van der Waals surface area contributed by atoms with Crippen LogP contribution >= 0.6 is 11.6 Å². The van der Waals surface area contributed by atoms with Crippen LogP contribution in [0.4, 0.5) is 5.69 Å². The van der Waals surface area contributed by atoms with E-state index in [1.54, 1.807) is 24.4 Å². The van der Waals surface area contributed by atoms with Gasteiger partial charge in [0.25, 0.3) is 5.91 Å². The molecule has 0 fully saturated rings. The first-order valence-corrected chi connectivity index (χ1v) is 5.94. The normalized spacial score (nSPS) is 10.2. The molecular formula is C14H13ClN2O. The Hall–Kier alpha value is -1.87. The molecule has 0 unspecified atom stereocenters. The van der Waals surface area contributed by atoms with E-state index in [9.17, 15) is 4.79 Å². The summed E-state index contributed by atoms with van der Waals surface area (Å²) in [6.07, 6.45) is 1.55. The quantitative estimate of drug-likeness (QED) is 0.839. The molecule has 0 saturated carbocycles. The molecule has 2 aromatic rings. The van der Waals surface area contributed by atoms with E-state index < -0.39 is 0 Å². The lowest BCUT2D eigenvalue weighted by molar-refractivity contribution is 0.102. The monoisotopic (exact) mass is 260 g/mol. The third kappa shape index (κ3) is 2.87. The zero-order chi connectivity index (χ0) is 13.1. The summed E-state index contributed by atoms with van der Waals surface area (Å²) in [4.78, 5) is 15.9. The smallest absolute Gasteiger partial charge is 0.255 e. The number of halogens is 1. The third-order valence-corrected chi connectivity index (χ3v) is 2.96. The van der Waals surface area contributed by atoms with Crippen molar-refractivity contribution in [1.82, 2.24) is 4.98 Å². The number of hydrogen-bond donors (Lipinski definition) is 1. The van der Waals surface area contributed by atoms with Crippen molar-refractivity contribution >= 4 is 23.2 Å². The van der Waals surface area contributed by atoms with Crippen LogP contribution in [-0.4, -0.2) is 10.9 Å². The molecule has 1 heterocycles. The van der Waals surface area contributed by atoms with E-state index in [4.69, 9.17) is 11.6 Å². The third-order valence-electron chi connectivity index (χ3n) is 2.75. The van der Waals surface area contributed by atoms with Crippen LogP contribution in [0.5, 0.6) is 0 Å². The molecule has 0 spiro atoms. The number of amides is 1. The van der Waals surface area contributed by atoms with Crippen LogP contribution < -0.4 is 5.32 Å². The maximum Gasteiger partial charge on any atom is 0.255 e. The maximum atomic E-state index is 12.0. The second kappa shape index (κ2) is 5.19. The van der Waals surface area contributed by atoms with Crippen LogP contribution in [0.1, 0.15) is 21.5 Å². The number of aryl methyl sites for hydroxylation is 2. The lowest BCUT2D eigenvalue weighted by atomic mass is 10.1. The van der Waals surface area contributed by atoms with Crippen molar-refractivity contribution in [2.24, 2.45) is 0 Å². The molecule has 18 heavy (non-hydrogen) atoms. The van der Waals surface area contributed by atoms with Gasteiger partial charge in [0.05, 0.1) is 0 Å². The predicted molar refractivity (Wildman–Crippen MR) is 73.1 cm³/mol. The van der Waals surface area contributed by atoms with Crippen molar-refractivity contribution in [3.63, 3.8) is 0 Å². The number of anilines is 1. The van der Waals surface area contributed by atoms with Crippen LogP contribution in [0.2, 0.25) is 5.15 Å². The predicted octanol–water partition coefficient (Wildman–Crippen LogP) is 3.60. The zero-order valence-corrected chi connectivity index (χ0v) is 11.0. The Morgan fingerprint density at radius 1 is 1.17 bits per heavy atom. The summed E-state index contributed by atoms with van der Waals surface area (Å²) in [5.41, 5.74) is 3.53. The van der Waals surface area contributed by atoms with E-state index in [-0.39, 0.29) is 5.91 Å². The lowest BCUT2D eigenvalue weighted by Gasteiger charge is -2.07. The highest BCUT2D eigenvalue weighted by Gasteiger charge is 2.07. The van der Waals surface area contributed by atoms with Gasteiger partial charge in [-0.1, -0.05) is 17.7 Å². The second-order valence-electron chi connectivity index (χ2n) is 4.12. The molecule has 0 aliphatic rings. The molecule has 1 N–H and O–H groups in total. The average Bonchev–Trinajstić information content (AvgIpc) is 2.32. The summed E-state index contributed by atoms with van der Waals surface area (Å²) in [6.45, 7) is 4.00. The molecule has 4 heteroatoms. The van der Waals surface area contributed by atoms with Gasteiger partial charge in [-0.2, -0.15) is 0 Å². The van der Waals surface area contributed by atoms with Gasteiger partial charge in [-0.15, -0.1) is 0 Å². The zero-order valence-electron chi connectivity index (χ0n) is 10.2. The van der Waals surface area contributed by atoms with Crippen LogP contribution in [0.3, 0.4) is 0 Å². The molecule has 1 amide bonds. The largest absolute Gasteiger partial charge is 0.322 e. The number of carbonyl (C=O) groups excluding carboxylic acids is 1. The van der Waals surface area contributed by atoms with E-state index >= 15 is 0 Å². The van der Waals surface area contributed by atoms with E-state index in [2.05, 4.69) is 10.3 Å². The second-order valence-corrected chi connectivity index (χ2v) is 4.51. The summed E-state index contributed by atoms with van der Waals surface area (Å²) in [5.74, 6) is -0.152. The first-order chi connectivity index (χ1) is 8.56. The molecule has 0 bridgehead atoms. The first-order valence-electron chi connectivity index (χ1n) is 5.56. The Morgan fingerprint density at radius 3 is 2.61 bits per heavy atom. The number of aromatic nitrogens is 1. The topological polar surface area (TPSA) is 42.0 Å². The molecule has 2 rings (SSSR count). The summed E-state index contributed by atoms with van der Waals surface area (Å²) < 4.78 is 0. The van der Waals surface area contributed by atoms with Gasteiger partial charge in [0.2, 0.25) is 0 Å². The number of pyridine rings is 1. The molecule has 0 radical (unpaired) electrons. The van der Waals surface area contributed by atoms with Gasteiger partial charge >= 0.3 is 0 Å². The Kier molecular flexibility index (Phi) is 3.63. The van der Waals surface area contributed by atoms with Gasteiger partial charge in [0.1, 0.15) is 5.15 Å². The molecule has 0 aliphatic heterocycles. The van der Waals surface area contributed by atoms with Gasteiger partial charge in [0, 0.05) is 17.4 Å². The van der Waals surface area contributed by atoms with E-state index in [1.165, 1.54) is 5.56 Å². The minimum atomic E-state index is -0.152. The number of nitrogens with one attached hydrogen (secondary N) is 1.